The highest BCUT2D eigenvalue weighted by molar-refractivity contribution is 5.80. The molecule has 1 rings (SSSR count). The number of hydrogen-bond acceptors (Lipinski definition) is 4. The molecule has 0 aliphatic heterocycles. The van der Waals surface area contributed by atoms with Crippen LogP contribution < -0.4 is 0 Å². The van der Waals surface area contributed by atoms with E-state index >= 15 is 0 Å². The Labute approximate surface area is 101 Å². The van der Waals surface area contributed by atoms with Crippen LogP contribution in [0, 0.1) is 0 Å². The average molecular weight is 236 g/mol. The summed E-state index contributed by atoms with van der Waals surface area (Å²) in [5.41, 5.74) is 0.615. The second kappa shape index (κ2) is 6.68. The number of carbonyl (C=O) groups is 2. The molecule has 4 nitrogen and oxygen atoms in total. The Hall–Kier alpha value is -1.84. The zero-order valence-corrected chi connectivity index (χ0v) is 10.0. The van der Waals surface area contributed by atoms with E-state index in [1.807, 2.05) is 13.0 Å². The van der Waals surface area contributed by atoms with Crippen LogP contribution in [0.15, 0.2) is 30.3 Å². The lowest BCUT2D eigenvalue weighted by Crippen LogP contribution is -2.20. The Morgan fingerprint density at radius 3 is 2.41 bits per heavy atom. The standard InChI is InChI=1S/C13H16O4/c1-3-7-11(14)17-12(13(15)16-2)10-8-5-4-6-9-10/h4-6,8-9,12H,3,7H2,1-2H3. The molecule has 1 atom stereocenters. The number of methoxy groups -OCH3 is 1. The zero-order valence-electron chi connectivity index (χ0n) is 10.0. The van der Waals surface area contributed by atoms with Crippen LogP contribution in [0.4, 0.5) is 0 Å². The van der Waals surface area contributed by atoms with Crippen molar-refractivity contribution in [2.75, 3.05) is 7.11 Å². The molecule has 4 heteroatoms. The van der Waals surface area contributed by atoms with Crippen LogP contribution in [0.1, 0.15) is 31.4 Å². The van der Waals surface area contributed by atoms with E-state index < -0.39 is 18.0 Å². The molecule has 0 saturated carbocycles. The van der Waals surface area contributed by atoms with Gasteiger partial charge in [-0.3, -0.25) is 4.79 Å². The van der Waals surface area contributed by atoms with E-state index in [0.717, 1.165) is 0 Å². The van der Waals surface area contributed by atoms with E-state index in [1.54, 1.807) is 24.3 Å². The SMILES string of the molecule is CCCC(=O)OC(C(=O)OC)c1ccccc1. The topological polar surface area (TPSA) is 52.6 Å². The summed E-state index contributed by atoms with van der Waals surface area (Å²) in [6.07, 6.45) is 0.00206. The largest absolute Gasteiger partial charge is 0.466 e. The lowest BCUT2D eigenvalue weighted by molar-refractivity contribution is -0.166. The van der Waals surface area contributed by atoms with Crippen molar-refractivity contribution in [2.45, 2.75) is 25.9 Å². The third kappa shape index (κ3) is 3.90. The maximum Gasteiger partial charge on any atom is 0.351 e. The van der Waals surface area contributed by atoms with E-state index in [0.29, 0.717) is 18.4 Å². The van der Waals surface area contributed by atoms with Crippen molar-refractivity contribution in [2.24, 2.45) is 0 Å². The number of esters is 2. The fourth-order valence-electron chi connectivity index (χ4n) is 1.38. The van der Waals surface area contributed by atoms with Crippen LogP contribution >= 0.6 is 0 Å². The molecule has 0 aliphatic rings. The molecule has 1 unspecified atom stereocenters. The maximum atomic E-state index is 11.6. The highest BCUT2D eigenvalue weighted by Gasteiger charge is 2.25. The van der Waals surface area contributed by atoms with Crippen molar-refractivity contribution in [3.05, 3.63) is 35.9 Å². The first kappa shape index (κ1) is 13.2. The van der Waals surface area contributed by atoms with E-state index in [2.05, 4.69) is 4.74 Å². The molecule has 1 aromatic rings. The van der Waals surface area contributed by atoms with Gasteiger partial charge in [-0.25, -0.2) is 4.79 Å². The zero-order chi connectivity index (χ0) is 12.7. The average Bonchev–Trinajstić information content (AvgIpc) is 2.36. The van der Waals surface area contributed by atoms with Crippen molar-refractivity contribution in [3.63, 3.8) is 0 Å². The highest BCUT2D eigenvalue weighted by atomic mass is 16.6. The summed E-state index contributed by atoms with van der Waals surface area (Å²) < 4.78 is 9.75. The van der Waals surface area contributed by atoms with Crippen LogP contribution in [0.3, 0.4) is 0 Å². The van der Waals surface area contributed by atoms with Gasteiger partial charge in [-0.2, -0.15) is 0 Å². The highest BCUT2D eigenvalue weighted by Crippen LogP contribution is 2.19. The molecule has 0 amide bonds. The molecule has 0 fully saturated rings. The molecule has 1 aromatic carbocycles. The van der Waals surface area contributed by atoms with Crippen LogP contribution in [0.5, 0.6) is 0 Å². The molecule has 0 heterocycles. The second-order valence-corrected chi connectivity index (χ2v) is 3.55. The van der Waals surface area contributed by atoms with E-state index in [4.69, 9.17) is 4.74 Å². The smallest absolute Gasteiger partial charge is 0.351 e. The van der Waals surface area contributed by atoms with Crippen LogP contribution in [0.25, 0.3) is 0 Å². The number of benzene rings is 1. The molecule has 0 radical (unpaired) electrons. The normalized spacial score (nSPS) is 11.6. The number of hydrogen-bond donors (Lipinski definition) is 0. The molecule has 0 N–H and O–H groups in total. The van der Waals surface area contributed by atoms with Crippen molar-refractivity contribution in [1.29, 1.82) is 0 Å². The summed E-state index contributed by atoms with van der Waals surface area (Å²) in [5.74, 6) is -0.965. The summed E-state index contributed by atoms with van der Waals surface area (Å²) in [6.45, 7) is 1.87. The van der Waals surface area contributed by atoms with Gasteiger partial charge in [0.2, 0.25) is 6.10 Å². The van der Waals surface area contributed by atoms with Gasteiger partial charge in [0.15, 0.2) is 0 Å². The van der Waals surface area contributed by atoms with Gasteiger partial charge >= 0.3 is 11.9 Å². The van der Waals surface area contributed by atoms with E-state index in [-0.39, 0.29) is 0 Å². The first-order valence-electron chi connectivity index (χ1n) is 5.51. The Balaban J connectivity index is 2.82. The first-order valence-corrected chi connectivity index (χ1v) is 5.51. The molecule has 0 spiro atoms. The van der Waals surface area contributed by atoms with Gasteiger partial charge in [-0.15, -0.1) is 0 Å². The summed E-state index contributed by atoms with van der Waals surface area (Å²) in [7, 11) is 1.27. The van der Waals surface area contributed by atoms with Crippen LogP contribution in [-0.4, -0.2) is 19.0 Å². The number of carbonyl (C=O) groups excluding carboxylic acids is 2. The van der Waals surface area contributed by atoms with E-state index in [9.17, 15) is 9.59 Å². The number of rotatable bonds is 5. The Bertz CT molecular complexity index is 372. The summed E-state index contributed by atoms with van der Waals surface area (Å²) in [5, 5.41) is 0. The van der Waals surface area contributed by atoms with Gasteiger partial charge in [-0.05, 0) is 6.42 Å². The van der Waals surface area contributed by atoms with Crippen molar-refractivity contribution in [1.82, 2.24) is 0 Å². The Morgan fingerprint density at radius 2 is 1.88 bits per heavy atom. The molecular formula is C13H16O4. The quantitative estimate of drug-likeness (QED) is 0.736. The van der Waals surface area contributed by atoms with Crippen LogP contribution in [0.2, 0.25) is 0 Å². The maximum absolute atomic E-state index is 11.6. The molecule has 0 saturated heterocycles. The Kier molecular flexibility index (Phi) is 5.20. The molecule has 92 valence electrons. The first-order chi connectivity index (χ1) is 8.19. The van der Waals surface area contributed by atoms with Gasteiger partial charge in [-0.1, -0.05) is 37.3 Å². The fourth-order valence-corrected chi connectivity index (χ4v) is 1.38. The van der Waals surface area contributed by atoms with Gasteiger partial charge < -0.3 is 9.47 Å². The molecule has 0 aliphatic carbocycles. The molecule has 0 aromatic heterocycles. The van der Waals surface area contributed by atoms with Gasteiger partial charge in [0.05, 0.1) is 7.11 Å². The van der Waals surface area contributed by atoms with Gasteiger partial charge in [0.1, 0.15) is 0 Å². The number of ether oxygens (including phenoxy) is 2. The minimum atomic E-state index is -0.972. The van der Waals surface area contributed by atoms with Crippen LogP contribution in [-0.2, 0) is 19.1 Å². The van der Waals surface area contributed by atoms with Crippen molar-refractivity contribution in [3.8, 4) is 0 Å². The minimum Gasteiger partial charge on any atom is -0.466 e. The summed E-state index contributed by atoms with van der Waals surface area (Å²) >= 11 is 0. The third-order valence-electron chi connectivity index (χ3n) is 2.22. The van der Waals surface area contributed by atoms with Gasteiger partial charge in [0, 0.05) is 12.0 Å². The van der Waals surface area contributed by atoms with Crippen molar-refractivity contribution >= 4 is 11.9 Å². The van der Waals surface area contributed by atoms with Gasteiger partial charge in [0.25, 0.3) is 0 Å². The Morgan fingerprint density at radius 1 is 1.24 bits per heavy atom. The molecule has 0 bridgehead atoms. The lowest BCUT2D eigenvalue weighted by Gasteiger charge is -2.15. The minimum absolute atomic E-state index is 0.292. The lowest BCUT2D eigenvalue weighted by atomic mass is 10.1. The van der Waals surface area contributed by atoms with Crippen molar-refractivity contribution < 1.29 is 19.1 Å². The predicted octanol–water partition coefficient (Wildman–Crippen LogP) is 2.24. The predicted molar refractivity (Wildman–Crippen MR) is 62.2 cm³/mol. The summed E-state index contributed by atoms with van der Waals surface area (Å²) in [6, 6.07) is 8.82. The summed E-state index contributed by atoms with van der Waals surface area (Å²) in [4.78, 5) is 23.0. The third-order valence-corrected chi connectivity index (χ3v) is 2.22. The van der Waals surface area contributed by atoms with E-state index in [1.165, 1.54) is 7.11 Å². The molecule has 17 heavy (non-hydrogen) atoms. The second-order valence-electron chi connectivity index (χ2n) is 3.55. The monoisotopic (exact) mass is 236 g/mol. The molecular weight excluding hydrogens is 220 g/mol. The fraction of sp³-hybridized carbons (Fsp3) is 0.385.